The van der Waals surface area contributed by atoms with Crippen molar-refractivity contribution in [3.8, 4) is 11.3 Å². The molecule has 0 aliphatic heterocycles. The summed E-state index contributed by atoms with van der Waals surface area (Å²) in [7, 11) is 0. The molecule has 146 valence electrons. The van der Waals surface area contributed by atoms with Crippen molar-refractivity contribution >= 4 is 11.7 Å². The lowest BCUT2D eigenvalue weighted by Gasteiger charge is -2.06. The molecule has 28 heavy (non-hydrogen) atoms. The number of pyridine rings is 1. The summed E-state index contributed by atoms with van der Waals surface area (Å²) in [6.07, 6.45) is 3.63. The van der Waals surface area contributed by atoms with Gasteiger partial charge in [0.2, 0.25) is 0 Å². The second-order valence-corrected chi connectivity index (χ2v) is 6.06. The number of carbonyl (C=O) groups is 1. The lowest BCUT2D eigenvalue weighted by Crippen LogP contribution is -2.27. The van der Waals surface area contributed by atoms with E-state index in [9.17, 15) is 4.79 Å². The lowest BCUT2D eigenvalue weighted by atomic mass is 10.2. The third-order valence-electron chi connectivity index (χ3n) is 3.98. The molecule has 0 aliphatic carbocycles. The van der Waals surface area contributed by atoms with Gasteiger partial charge in [0.25, 0.3) is 5.91 Å². The molecule has 8 heteroatoms. The van der Waals surface area contributed by atoms with Crippen molar-refractivity contribution in [2.45, 2.75) is 13.5 Å². The second kappa shape index (κ2) is 10.2. The first-order chi connectivity index (χ1) is 13.8. The summed E-state index contributed by atoms with van der Waals surface area (Å²) < 4.78 is 7.31. The van der Waals surface area contributed by atoms with Gasteiger partial charge in [-0.1, -0.05) is 23.4 Å². The molecule has 2 heterocycles. The highest BCUT2D eigenvalue weighted by Crippen LogP contribution is 2.18. The third kappa shape index (κ3) is 5.62. The van der Waals surface area contributed by atoms with Crippen LogP contribution in [0.15, 0.2) is 54.9 Å². The molecule has 8 nitrogen and oxygen atoms in total. The van der Waals surface area contributed by atoms with E-state index in [1.807, 2.05) is 43.5 Å². The average Bonchev–Trinajstić information content (AvgIpc) is 3.20. The van der Waals surface area contributed by atoms with Gasteiger partial charge in [-0.05, 0) is 31.2 Å². The standard InChI is InChI=1S/C20H24N6O2/c1-2-21-19-14-17(8-9-22-19)18-15-26(25-24-18)11-13-28-12-10-23-20(27)16-6-4-3-5-7-16/h3-9,14-15H,2,10-13H2,1H3,(H,21,22)(H,23,27). The Morgan fingerprint density at radius 1 is 1.18 bits per heavy atom. The molecule has 0 aliphatic rings. The summed E-state index contributed by atoms with van der Waals surface area (Å²) in [6.45, 7) is 4.81. The summed E-state index contributed by atoms with van der Waals surface area (Å²) in [5, 5.41) is 14.3. The molecule has 0 unspecified atom stereocenters. The SMILES string of the molecule is CCNc1cc(-c2cn(CCOCCNC(=O)c3ccccc3)nn2)ccn1. The minimum atomic E-state index is -0.0978. The normalized spacial score (nSPS) is 10.6. The van der Waals surface area contributed by atoms with Crippen molar-refractivity contribution in [2.75, 3.05) is 31.6 Å². The zero-order chi connectivity index (χ0) is 19.6. The maximum Gasteiger partial charge on any atom is 0.251 e. The zero-order valence-electron chi connectivity index (χ0n) is 15.8. The first-order valence-electron chi connectivity index (χ1n) is 9.27. The fraction of sp³-hybridized carbons (Fsp3) is 0.300. The molecule has 3 rings (SSSR count). The van der Waals surface area contributed by atoms with Gasteiger partial charge in [0.15, 0.2) is 0 Å². The van der Waals surface area contributed by atoms with E-state index in [4.69, 9.17) is 4.74 Å². The number of aromatic nitrogens is 4. The van der Waals surface area contributed by atoms with Crippen LogP contribution < -0.4 is 10.6 Å². The molecule has 1 amide bonds. The van der Waals surface area contributed by atoms with E-state index in [1.54, 1.807) is 23.0 Å². The monoisotopic (exact) mass is 380 g/mol. The summed E-state index contributed by atoms with van der Waals surface area (Å²) in [5.74, 6) is 0.717. The van der Waals surface area contributed by atoms with Gasteiger partial charge in [0.05, 0.1) is 26.0 Å². The molecule has 3 aromatic rings. The van der Waals surface area contributed by atoms with Crippen LogP contribution >= 0.6 is 0 Å². The van der Waals surface area contributed by atoms with E-state index in [0.29, 0.717) is 31.9 Å². The van der Waals surface area contributed by atoms with Crippen LogP contribution in [0.1, 0.15) is 17.3 Å². The number of nitrogens with one attached hydrogen (secondary N) is 2. The Bertz CT molecular complexity index is 881. The molecule has 2 N–H and O–H groups in total. The molecular weight excluding hydrogens is 356 g/mol. The smallest absolute Gasteiger partial charge is 0.251 e. The average molecular weight is 380 g/mol. The van der Waals surface area contributed by atoms with Crippen LogP contribution in [-0.2, 0) is 11.3 Å². The van der Waals surface area contributed by atoms with Crippen molar-refractivity contribution in [3.05, 3.63) is 60.4 Å². The van der Waals surface area contributed by atoms with Gasteiger partial charge in [-0.15, -0.1) is 5.10 Å². The highest BCUT2D eigenvalue weighted by atomic mass is 16.5. The molecule has 0 bridgehead atoms. The maximum atomic E-state index is 11.9. The van der Waals surface area contributed by atoms with Crippen LogP contribution in [0.25, 0.3) is 11.3 Å². The Morgan fingerprint density at radius 2 is 2.04 bits per heavy atom. The van der Waals surface area contributed by atoms with E-state index in [0.717, 1.165) is 23.6 Å². The number of benzene rings is 1. The Labute approximate surface area is 163 Å². The summed E-state index contributed by atoms with van der Waals surface area (Å²) >= 11 is 0. The second-order valence-electron chi connectivity index (χ2n) is 6.06. The van der Waals surface area contributed by atoms with Crippen LogP contribution in [0, 0.1) is 0 Å². The fourth-order valence-corrected chi connectivity index (χ4v) is 2.60. The Kier molecular flexibility index (Phi) is 7.08. The number of ether oxygens (including phenoxy) is 1. The van der Waals surface area contributed by atoms with Gasteiger partial charge < -0.3 is 15.4 Å². The number of nitrogens with zero attached hydrogens (tertiary/aromatic N) is 4. The number of hydrogen-bond acceptors (Lipinski definition) is 6. The predicted molar refractivity (Wildman–Crippen MR) is 107 cm³/mol. The minimum Gasteiger partial charge on any atom is -0.378 e. The quantitative estimate of drug-likeness (QED) is 0.524. The Balaban J connectivity index is 1.38. The number of hydrogen-bond donors (Lipinski definition) is 2. The van der Waals surface area contributed by atoms with E-state index in [-0.39, 0.29) is 5.91 Å². The van der Waals surface area contributed by atoms with Crippen LogP contribution in [0.4, 0.5) is 5.82 Å². The van der Waals surface area contributed by atoms with Crippen LogP contribution in [-0.4, -0.2) is 52.2 Å². The summed E-state index contributed by atoms with van der Waals surface area (Å²) in [6, 6.07) is 13.0. The van der Waals surface area contributed by atoms with Crippen LogP contribution in [0.5, 0.6) is 0 Å². The summed E-state index contributed by atoms with van der Waals surface area (Å²) in [4.78, 5) is 16.2. The largest absolute Gasteiger partial charge is 0.378 e. The molecule has 0 spiro atoms. The molecule has 0 atom stereocenters. The van der Waals surface area contributed by atoms with Crippen molar-refractivity contribution in [2.24, 2.45) is 0 Å². The fourth-order valence-electron chi connectivity index (χ4n) is 2.60. The minimum absolute atomic E-state index is 0.0978. The predicted octanol–water partition coefficient (Wildman–Crippen LogP) is 2.22. The third-order valence-corrected chi connectivity index (χ3v) is 3.98. The van der Waals surface area contributed by atoms with Gasteiger partial charge in [-0.2, -0.15) is 0 Å². The number of anilines is 1. The van der Waals surface area contributed by atoms with Gasteiger partial charge in [0, 0.05) is 30.4 Å². The first-order valence-corrected chi connectivity index (χ1v) is 9.27. The van der Waals surface area contributed by atoms with Crippen molar-refractivity contribution in [1.82, 2.24) is 25.3 Å². The topological polar surface area (TPSA) is 94.0 Å². The number of amides is 1. The van der Waals surface area contributed by atoms with E-state index in [2.05, 4.69) is 25.9 Å². The molecule has 1 aromatic carbocycles. The van der Waals surface area contributed by atoms with Crippen LogP contribution in [0.3, 0.4) is 0 Å². The highest BCUT2D eigenvalue weighted by Gasteiger charge is 2.06. The van der Waals surface area contributed by atoms with E-state index < -0.39 is 0 Å². The molecule has 2 aromatic heterocycles. The molecule has 0 saturated heterocycles. The lowest BCUT2D eigenvalue weighted by molar-refractivity contribution is 0.0905. The Hall–Kier alpha value is -3.26. The summed E-state index contributed by atoms with van der Waals surface area (Å²) in [5.41, 5.74) is 2.39. The van der Waals surface area contributed by atoms with Crippen LogP contribution in [0.2, 0.25) is 0 Å². The molecule has 0 fully saturated rings. The Morgan fingerprint density at radius 3 is 2.86 bits per heavy atom. The number of carbonyl (C=O) groups excluding carboxylic acids is 1. The highest BCUT2D eigenvalue weighted by molar-refractivity contribution is 5.94. The van der Waals surface area contributed by atoms with Gasteiger partial charge >= 0.3 is 0 Å². The number of rotatable bonds is 10. The van der Waals surface area contributed by atoms with Gasteiger partial charge in [-0.25, -0.2) is 9.67 Å². The first kappa shape index (κ1) is 19.5. The molecule has 0 saturated carbocycles. The van der Waals surface area contributed by atoms with Gasteiger partial charge in [-0.3, -0.25) is 4.79 Å². The van der Waals surface area contributed by atoms with E-state index >= 15 is 0 Å². The van der Waals surface area contributed by atoms with Gasteiger partial charge in [0.1, 0.15) is 11.5 Å². The zero-order valence-corrected chi connectivity index (χ0v) is 15.8. The van der Waals surface area contributed by atoms with Crippen molar-refractivity contribution in [1.29, 1.82) is 0 Å². The molecule has 0 radical (unpaired) electrons. The van der Waals surface area contributed by atoms with Crippen molar-refractivity contribution < 1.29 is 9.53 Å². The maximum absolute atomic E-state index is 11.9. The van der Waals surface area contributed by atoms with Crippen molar-refractivity contribution in [3.63, 3.8) is 0 Å². The van der Waals surface area contributed by atoms with E-state index in [1.165, 1.54) is 0 Å². The molecular formula is C20H24N6O2.